The van der Waals surface area contributed by atoms with Crippen LogP contribution in [-0.2, 0) is 33.2 Å². The van der Waals surface area contributed by atoms with Crippen molar-refractivity contribution in [2.75, 3.05) is 26.4 Å². The van der Waals surface area contributed by atoms with Gasteiger partial charge in [0.25, 0.3) is 0 Å². The van der Waals surface area contributed by atoms with Crippen LogP contribution in [0.25, 0.3) is 0 Å². The molecule has 0 aliphatic carbocycles. The zero-order chi connectivity index (χ0) is 62.6. The van der Waals surface area contributed by atoms with Gasteiger partial charge in [-0.2, -0.15) is 0 Å². The Labute approximate surface area is 517 Å². The van der Waals surface area contributed by atoms with Gasteiger partial charge in [-0.15, -0.1) is 0 Å². The summed E-state index contributed by atoms with van der Waals surface area (Å²) in [7, 11) is 0. The lowest BCUT2D eigenvalue weighted by molar-refractivity contribution is -0.379. The predicted octanol–water partition coefficient (Wildman–Crippen LogP) is 8.44. The van der Waals surface area contributed by atoms with E-state index in [1.54, 1.807) is 6.08 Å². The smallest absolute Gasteiger partial charge is 0.220 e. The zero-order valence-electron chi connectivity index (χ0n) is 53.0. The van der Waals surface area contributed by atoms with Crippen LogP contribution in [0.1, 0.15) is 251 Å². The Balaban J connectivity index is 1.47. The maximum Gasteiger partial charge on any atom is 0.220 e. The van der Waals surface area contributed by atoms with E-state index in [1.807, 2.05) is 6.08 Å². The Morgan fingerprint density at radius 1 is 0.407 bits per heavy atom. The Bertz CT molecular complexity index is 1710. The molecule has 1 amide bonds. The van der Waals surface area contributed by atoms with Crippen LogP contribution in [0.2, 0.25) is 0 Å². The summed E-state index contributed by atoms with van der Waals surface area (Å²) in [6.45, 7) is 1.73. The van der Waals surface area contributed by atoms with E-state index in [0.29, 0.717) is 12.8 Å². The lowest BCUT2D eigenvalue weighted by Crippen LogP contribution is -2.66. The molecule has 3 heterocycles. The van der Waals surface area contributed by atoms with Gasteiger partial charge in [0.2, 0.25) is 5.91 Å². The van der Waals surface area contributed by atoms with Crippen molar-refractivity contribution < 1.29 is 89.4 Å². The summed E-state index contributed by atoms with van der Waals surface area (Å²) in [6.07, 6.45) is 29.8. The lowest BCUT2D eigenvalue weighted by atomic mass is 9.96. The number of aliphatic hydroxyl groups excluding tert-OH is 11. The molecule has 17 unspecified atom stereocenters. The highest BCUT2D eigenvalue weighted by Gasteiger charge is 2.53. The highest BCUT2D eigenvalue weighted by molar-refractivity contribution is 5.76. The minimum Gasteiger partial charge on any atom is -0.394 e. The van der Waals surface area contributed by atoms with Crippen LogP contribution in [0.5, 0.6) is 0 Å². The summed E-state index contributed by atoms with van der Waals surface area (Å²) < 4.78 is 34.3. The molecule has 0 aromatic heterocycles. The molecule has 3 aliphatic heterocycles. The number of carbonyl (C=O) groups is 1. The van der Waals surface area contributed by atoms with Crippen LogP contribution < -0.4 is 5.32 Å². The van der Waals surface area contributed by atoms with Crippen molar-refractivity contribution in [3.63, 3.8) is 0 Å². The molecule has 3 aliphatic rings. The monoisotopic (exact) mass is 1230 g/mol. The van der Waals surface area contributed by atoms with E-state index < -0.39 is 124 Å². The summed E-state index contributed by atoms with van der Waals surface area (Å²) >= 11 is 0. The van der Waals surface area contributed by atoms with Gasteiger partial charge in [-0.3, -0.25) is 4.79 Å². The van der Waals surface area contributed by atoms with Crippen LogP contribution in [-0.4, -0.2) is 193 Å². The van der Waals surface area contributed by atoms with Gasteiger partial charge in [-0.1, -0.05) is 224 Å². The molecular weight excluding hydrogens is 1110 g/mol. The van der Waals surface area contributed by atoms with Gasteiger partial charge >= 0.3 is 0 Å². The molecule has 0 spiro atoms. The van der Waals surface area contributed by atoms with Gasteiger partial charge in [-0.05, 0) is 57.8 Å². The molecular formula is C67H123NO18. The minimum absolute atomic E-state index is 0.231. The molecule has 0 aromatic rings. The molecule has 0 bridgehead atoms. The van der Waals surface area contributed by atoms with Crippen molar-refractivity contribution >= 4 is 5.91 Å². The van der Waals surface area contributed by atoms with E-state index in [0.717, 1.165) is 51.4 Å². The van der Waals surface area contributed by atoms with Crippen LogP contribution >= 0.6 is 0 Å². The second kappa shape index (κ2) is 49.7. The van der Waals surface area contributed by atoms with E-state index in [1.165, 1.54) is 167 Å². The molecule has 3 fully saturated rings. The number of hydrogen-bond donors (Lipinski definition) is 12. The first kappa shape index (κ1) is 78.3. The molecule has 0 aromatic carbocycles. The second-order valence-corrected chi connectivity index (χ2v) is 24.6. The molecule has 3 rings (SSSR count). The number of nitrogens with one attached hydrogen (secondary N) is 1. The van der Waals surface area contributed by atoms with Gasteiger partial charge in [0.15, 0.2) is 18.9 Å². The highest BCUT2D eigenvalue weighted by atomic mass is 16.8. The number of allylic oxidation sites excluding steroid dienone is 5. The normalized spacial score (nSPS) is 29.0. The van der Waals surface area contributed by atoms with Crippen LogP contribution in [0.4, 0.5) is 0 Å². The number of carbonyl (C=O) groups excluding carboxylic acids is 1. The summed E-state index contributed by atoms with van der Waals surface area (Å²) in [5.74, 6) is -0.288. The number of ether oxygens (including phenoxy) is 6. The molecule has 12 N–H and O–H groups in total. The van der Waals surface area contributed by atoms with Gasteiger partial charge in [0, 0.05) is 6.42 Å². The molecule has 19 heteroatoms. The van der Waals surface area contributed by atoms with Crippen molar-refractivity contribution in [1.82, 2.24) is 5.32 Å². The van der Waals surface area contributed by atoms with Gasteiger partial charge in [-0.25, -0.2) is 0 Å². The van der Waals surface area contributed by atoms with E-state index >= 15 is 0 Å². The second-order valence-electron chi connectivity index (χ2n) is 24.6. The molecule has 0 radical (unpaired) electrons. The first-order chi connectivity index (χ1) is 41.8. The summed E-state index contributed by atoms with van der Waals surface area (Å²) in [5, 5.41) is 120. The fraction of sp³-hybridized carbons (Fsp3) is 0.896. The summed E-state index contributed by atoms with van der Waals surface area (Å²) in [5.41, 5.74) is 0. The molecule has 3 saturated heterocycles. The third kappa shape index (κ3) is 31.8. The first-order valence-electron chi connectivity index (χ1n) is 34.2. The summed E-state index contributed by atoms with van der Waals surface area (Å²) in [4.78, 5) is 13.4. The summed E-state index contributed by atoms with van der Waals surface area (Å²) in [6, 6.07) is -0.992. The van der Waals surface area contributed by atoms with E-state index in [-0.39, 0.29) is 18.9 Å². The van der Waals surface area contributed by atoms with Crippen molar-refractivity contribution in [1.29, 1.82) is 0 Å². The fourth-order valence-corrected chi connectivity index (χ4v) is 11.6. The van der Waals surface area contributed by atoms with E-state index in [2.05, 4.69) is 43.5 Å². The zero-order valence-corrected chi connectivity index (χ0v) is 53.0. The predicted molar refractivity (Wildman–Crippen MR) is 333 cm³/mol. The molecule has 0 saturated carbocycles. The number of aliphatic hydroxyl groups is 11. The maximum absolute atomic E-state index is 13.4. The molecule has 17 atom stereocenters. The SMILES string of the molecule is CCCCCCCCC/C=C\CCCCCCCCCC(=O)NC(COC1OC(CO)C(OC2OC(CO)C(OC3OC(CO)C(O)C(O)C3O)C(O)C2O)C(O)C1O)C(O)/C=C/CC/C=C/CCCCCCCCCCCCCCCCCCC. The van der Waals surface area contributed by atoms with Crippen molar-refractivity contribution in [2.24, 2.45) is 0 Å². The maximum atomic E-state index is 13.4. The molecule has 504 valence electrons. The standard InChI is InChI=1S/C67H123NO18/c1-3-5-7-9-11-13-15-17-19-21-23-24-25-26-27-28-30-32-34-36-38-40-42-44-51(72)50(68-55(73)45-43-41-39-37-35-33-31-29-22-20-18-16-14-12-10-8-6-4-2)49-81-65-61(79)58(76)63(53(47-70)83-65)86-67-62(80)59(77)64(54(48-71)84-67)85-66-60(78)57(75)56(74)52(46-69)82-66/h20,22,34,36,42,44,50-54,56-67,69-72,74-80H,3-19,21,23-33,35,37-41,43,45-49H2,1-2H3,(H,68,73)/b22-20-,36-34+,44-42+. The van der Waals surface area contributed by atoms with Crippen LogP contribution in [0.15, 0.2) is 36.5 Å². The Morgan fingerprint density at radius 2 is 0.744 bits per heavy atom. The third-order valence-electron chi connectivity index (χ3n) is 17.2. The fourth-order valence-electron chi connectivity index (χ4n) is 11.6. The Kier molecular flexibility index (Phi) is 45.2. The lowest BCUT2D eigenvalue weighted by Gasteiger charge is -2.48. The topological polar surface area (TPSA) is 307 Å². The average molecular weight is 1230 g/mol. The Hall–Kier alpha value is -1.99. The first-order valence-corrected chi connectivity index (χ1v) is 34.2. The van der Waals surface area contributed by atoms with Crippen molar-refractivity contribution in [3.05, 3.63) is 36.5 Å². The van der Waals surface area contributed by atoms with Crippen LogP contribution in [0, 0.1) is 0 Å². The largest absolute Gasteiger partial charge is 0.394 e. The van der Waals surface area contributed by atoms with Gasteiger partial charge < -0.3 is 89.9 Å². The molecule has 86 heavy (non-hydrogen) atoms. The number of amides is 1. The Morgan fingerprint density at radius 3 is 1.16 bits per heavy atom. The van der Waals surface area contributed by atoms with Gasteiger partial charge in [0.1, 0.15) is 73.2 Å². The highest BCUT2D eigenvalue weighted by Crippen LogP contribution is 2.33. The number of hydrogen-bond acceptors (Lipinski definition) is 18. The van der Waals surface area contributed by atoms with Crippen molar-refractivity contribution in [2.45, 2.75) is 356 Å². The molecule has 19 nitrogen and oxygen atoms in total. The van der Waals surface area contributed by atoms with E-state index in [4.69, 9.17) is 28.4 Å². The average Bonchev–Trinajstić information content (AvgIpc) is 2.53. The van der Waals surface area contributed by atoms with Crippen LogP contribution in [0.3, 0.4) is 0 Å². The van der Waals surface area contributed by atoms with Crippen molar-refractivity contribution in [3.8, 4) is 0 Å². The number of rotatable bonds is 52. The third-order valence-corrected chi connectivity index (χ3v) is 17.2. The number of unbranched alkanes of at least 4 members (excludes halogenated alkanes) is 32. The minimum atomic E-state index is -1.98. The quantitative estimate of drug-likeness (QED) is 0.0201. The van der Waals surface area contributed by atoms with Gasteiger partial charge in [0.05, 0.1) is 38.6 Å². The van der Waals surface area contributed by atoms with E-state index in [9.17, 15) is 61.0 Å².